The number of hydrogen-bond acceptors (Lipinski definition) is 16. The zero-order valence-corrected chi connectivity index (χ0v) is 36.6. The van der Waals surface area contributed by atoms with Crippen molar-refractivity contribution in [2.75, 3.05) is 164 Å². The second-order valence-corrected chi connectivity index (χ2v) is 14.2. The number of benzene rings is 2. The molecule has 20 heteroatoms. The molecule has 3 aromatic rings. The number of rotatable bonds is 33. The highest BCUT2D eigenvalue weighted by Crippen LogP contribution is 2.40. The SMILES string of the molecule is COc1cc(Nc2c(C#N)cnc3cc(OCCCN4CCN(CCOCCOCCOCCOCCOCCOCCOCCN=[N+]=[N-])CC4)c(OC)cc23)c(Cl)cc1Cl. The minimum atomic E-state index is 0.322. The van der Waals surface area contributed by atoms with Gasteiger partial charge in [-0.05, 0) is 24.1 Å². The molecular weight excluding hydrogens is 835 g/mol. The molecule has 1 fully saturated rings. The average Bonchev–Trinajstić information content (AvgIpc) is 3.27. The van der Waals surface area contributed by atoms with Crippen LogP contribution in [0.2, 0.25) is 10.0 Å². The summed E-state index contributed by atoms with van der Waals surface area (Å²) in [6, 6.07) is 9.11. The summed E-state index contributed by atoms with van der Waals surface area (Å²) in [5.41, 5.74) is 10.2. The third-order valence-electron chi connectivity index (χ3n) is 9.30. The maximum absolute atomic E-state index is 9.87. The topological polar surface area (TPSA) is 196 Å². The normalized spacial score (nSPS) is 13.2. The molecule has 0 spiro atoms. The Balaban J connectivity index is 0.985. The standard InChI is InChI=1S/C41H58Cl2N8O10/c1-52-38-29-37(34(42)27-35(38)43)48-41-32(30-44)31-46-36-28-40(39(53-2)26-33(36)41)61-11-3-5-50-6-8-51(9-7-50)10-13-55-15-17-57-19-21-59-23-25-60-24-22-58-20-18-56-16-14-54-12-4-47-49-45/h26-29,31H,3-25H2,1-2H3,(H,46,48). The molecule has 18 nitrogen and oxygen atoms in total. The Morgan fingerprint density at radius 2 is 1.23 bits per heavy atom. The average molecular weight is 894 g/mol. The van der Waals surface area contributed by atoms with E-state index in [-0.39, 0.29) is 0 Å². The minimum Gasteiger partial charge on any atom is -0.495 e. The molecule has 1 N–H and O–H groups in total. The van der Waals surface area contributed by atoms with E-state index in [9.17, 15) is 5.26 Å². The Morgan fingerprint density at radius 1 is 0.689 bits per heavy atom. The number of nitrogens with zero attached hydrogens (tertiary/aromatic N) is 7. The zero-order valence-electron chi connectivity index (χ0n) is 35.1. The van der Waals surface area contributed by atoms with Gasteiger partial charge in [-0.3, -0.25) is 9.88 Å². The molecule has 0 saturated carbocycles. The first kappa shape index (κ1) is 49.7. The van der Waals surface area contributed by atoms with E-state index in [4.69, 9.17) is 76.1 Å². The largest absolute Gasteiger partial charge is 0.495 e. The number of azide groups is 1. The number of nitriles is 1. The van der Waals surface area contributed by atoms with E-state index in [0.29, 0.717) is 161 Å². The van der Waals surface area contributed by atoms with Crippen LogP contribution in [0.3, 0.4) is 0 Å². The van der Waals surface area contributed by atoms with E-state index >= 15 is 0 Å². The number of piperazine rings is 1. The van der Waals surface area contributed by atoms with Crippen LogP contribution in [0, 0.1) is 11.3 Å². The van der Waals surface area contributed by atoms with Crippen LogP contribution >= 0.6 is 23.2 Å². The van der Waals surface area contributed by atoms with Crippen LogP contribution < -0.4 is 19.5 Å². The van der Waals surface area contributed by atoms with Gasteiger partial charge in [0.25, 0.3) is 0 Å². The Morgan fingerprint density at radius 3 is 1.77 bits per heavy atom. The fourth-order valence-corrected chi connectivity index (χ4v) is 6.59. The Kier molecular flexibility index (Phi) is 24.6. The molecular formula is C41H58Cl2N8O10. The summed E-state index contributed by atoms with van der Waals surface area (Å²) >= 11 is 12.7. The highest BCUT2D eigenvalue weighted by molar-refractivity contribution is 6.37. The van der Waals surface area contributed by atoms with Gasteiger partial charge in [0.2, 0.25) is 0 Å². The van der Waals surface area contributed by atoms with Crippen LogP contribution in [-0.2, 0) is 33.2 Å². The summed E-state index contributed by atoms with van der Waals surface area (Å²) in [4.78, 5) is 12.1. The maximum Gasteiger partial charge on any atom is 0.163 e. The second kappa shape index (κ2) is 30.2. The van der Waals surface area contributed by atoms with Crippen LogP contribution in [0.25, 0.3) is 21.3 Å². The lowest BCUT2D eigenvalue weighted by Gasteiger charge is -2.34. The number of fused-ring (bicyclic) bond motifs is 1. The van der Waals surface area contributed by atoms with Crippen LogP contribution in [0.5, 0.6) is 17.2 Å². The van der Waals surface area contributed by atoms with Gasteiger partial charge in [-0.2, -0.15) is 5.26 Å². The molecule has 0 aliphatic carbocycles. The van der Waals surface area contributed by atoms with Gasteiger partial charge in [-0.15, -0.1) is 0 Å². The second-order valence-electron chi connectivity index (χ2n) is 13.4. The van der Waals surface area contributed by atoms with Gasteiger partial charge in [-0.1, -0.05) is 28.3 Å². The zero-order chi connectivity index (χ0) is 43.3. The first-order valence-electron chi connectivity index (χ1n) is 20.3. The molecule has 0 radical (unpaired) electrons. The number of hydrogen-bond donors (Lipinski definition) is 1. The van der Waals surface area contributed by atoms with Gasteiger partial charge >= 0.3 is 0 Å². The van der Waals surface area contributed by atoms with Crippen LogP contribution in [0.15, 0.2) is 35.6 Å². The summed E-state index contributed by atoms with van der Waals surface area (Å²) < 4.78 is 55.8. The molecule has 2 heterocycles. The molecule has 1 saturated heterocycles. The fraction of sp³-hybridized carbons (Fsp3) is 0.610. The van der Waals surface area contributed by atoms with Crippen molar-refractivity contribution in [2.24, 2.45) is 5.11 Å². The lowest BCUT2D eigenvalue weighted by molar-refractivity contribution is -0.0211. The van der Waals surface area contributed by atoms with Crippen molar-refractivity contribution in [3.63, 3.8) is 0 Å². The third kappa shape index (κ3) is 18.5. The summed E-state index contributed by atoms with van der Waals surface area (Å²) in [6.07, 6.45) is 2.37. The monoisotopic (exact) mass is 892 g/mol. The van der Waals surface area contributed by atoms with Crippen molar-refractivity contribution < 1.29 is 47.4 Å². The molecule has 1 aliphatic heterocycles. The van der Waals surface area contributed by atoms with Crippen LogP contribution in [0.1, 0.15) is 12.0 Å². The van der Waals surface area contributed by atoms with Crippen LogP contribution in [-0.4, -0.2) is 174 Å². The number of pyridine rings is 1. The lowest BCUT2D eigenvalue weighted by Crippen LogP contribution is -2.47. The van der Waals surface area contributed by atoms with Gasteiger partial charge in [0, 0.05) is 74.4 Å². The molecule has 61 heavy (non-hydrogen) atoms. The van der Waals surface area contributed by atoms with Gasteiger partial charge in [-0.25, -0.2) is 0 Å². The lowest BCUT2D eigenvalue weighted by atomic mass is 10.1. The number of nitrogens with one attached hydrogen (secondary N) is 1. The predicted octanol–water partition coefficient (Wildman–Crippen LogP) is 5.99. The molecule has 336 valence electrons. The number of ether oxygens (including phenoxy) is 10. The van der Waals surface area contributed by atoms with Crippen molar-refractivity contribution in [2.45, 2.75) is 6.42 Å². The van der Waals surface area contributed by atoms with Gasteiger partial charge in [0.15, 0.2) is 11.5 Å². The third-order valence-corrected chi connectivity index (χ3v) is 9.91. The summed E-state index contributed by atoms with van der Waals surface area (Å²) in [6.45, 7) is 13.6. The molecule has 2 aromatic carbocycles. The van der Waals surface area contributed by atoms with Gasteiger partial charge < -0.3 is 57.6 Å². The summed E-state index contributed by atoms with van der Waals surface area (Å²) in [5.74, 6) is 1.55. The summed E-state index contributed by atoms with van der Waals surface area (Å²) in [7, 11) is 3.10. The van der Waals surface area contributed by atoms with E-state index in [0.717, 1.165) is 45.7 Å². The minimum absolute atomic E-state index is 0.322. The van der Waals surface area contributed by atoms with E-state index in [2.05, 4.69) is 36.2 Å². The molecule has 1 aliphatic rings. The van der Waals surface area contributed by atoms with Crippen molar-refractivity contribution in [1.29, 1.82) is 5.26 Å². The number of halogens is 2. The van der Waals surface area contributed by atoms with E-state index in [1.165, 1.54) is 13.3 Å². The number of methoxy groups -OCH3 is 2. The van der Waals surface area contributed by atoms with E-state index in [1.807, 2.05) is 12.1 Å². The van der Waals surface area contributed by atoms with E-state index < -0.39 is 0 Å². The molecule has 1 aromatic heterocycles. The molecule has 0 bridgehead atoms. The molecule has 0 amide bonds. The highest BCUT2D eigenvalue weighted by atomic mass is 35.5. The Hall–Kier alpha value is -3.93. The molecule has 0 unspecified atom stereocenters. The number of anilines is 2. The van der Waals surface area contributed by atoms with Crippen molar-refractivity contribution in [3.05, 3.63) is 56.5 Å². The Bertz CT molecular complexity index is 1810. The Labute approximate surface area is 367 Å². The van der Waals surface area contributed by atoms with Crippen molar-refractivity contribution >= 4 is 45.5 Å². The smallest absolute Gasteiger partial charge is 0.163 e. The molecule has 4 rings (SSSR count). The van der Waals surface area contributed by atoms with Gasteiger partial charge in [0.05, 0.1) is 146 Å². The first-order chi connectivity index (χ1) is 30.0. The molecule has 0 atom stereocenters. The maximum atomic E-state index is 9.87. The van der Waals surface area contributed by atoms with Crippen molar-refractivity contribution in [1.82, 2.24) is 14.8 Å². The first-order valence-corrected chi connectivity index (χ1v) is 21.1. The number of aromatic nitrogens is 1. The highest BCUT2D eigenvalue weighted by Gasteiger charge is 2.19. The van der Waals surface area contributed by atoms with Crippen LogP contribution in [0.4, 0.5) is 11.4 Å². The quantitative estimate of drug-likeness (QED) is 0.0324. The van der Waals surface area contributed by atoms with E-state index in [1.54, 1.807) is 19.2 Å². The van der Waals surface area contributed by atoms with Crippen molar-refractivity contribution in [3.8, 4) is 23.3 Å². The van der Waals surface area contributed by atoms with Gasteiger partial charge in [0.1, 0.15) is 11.8 Å². The predicted molar refractivity (Wildman–Crippen MR) is 232 cm³/mol. The fourth-order valence-electron chi connectivity index (χ4n) is 6.08. The summed E-state index contributed by atoms with van der Waals surface area (Å²) in [5, 5.41) is 18.0.